The van der Waals surface area contributed by atoms with Crippen molar-refractivity contribution < 1.29 is 14.7 Å². The first kappa shape index (κ1) is 15.9. The molecule has 3 rings (SSSR count). The summed E-state index contributed by atoms with van der Waals surface area (Å²) in [5, 5.41) is 10.7. The fraction of sp³-hybridized carbons (Fsp3) is 0.211. The van der Waals surface area contributed by atoms with Crippen molar-refractivity contribution in [1.82, 2.24) is 9.88 Å². The monoisotopic (exact) mass is 322 g/mol. The molecule has 24 heavy (non-hydrogen) atoms. The molecule has 1 N–H and O–H groups in total. The normalized spacial score (nSPS) is 19.7. The SMILES string of the molecule is CCCN1C(=O)C(=O)/C(=C(\O)c2ccccc2)C1c1ccccn1. The maximum Gasteiger partial charge on any atom is 0.295 e. The van der Waals surface area contributed by atoms with Crippen LogP contribution in [0.25, 0.3) is 5.76 Å². The van der Waals surface area contributed by atoms with Gasteiger partial charge >= 0.3 is 0 Å². The Morgan fingerprint density at radius 2 is 1.83 bits per heavy atom. The lowest BCUT2D eigenvalue weighted by atomic mass is 9.98. The van der Waals surface area contributed by atoms with Gasteiger partial charge in [0.2, 0.25) is 0 Å². The highest BCUT2D eigenvalue weighted by molar-refractivity contribution is 6.46. The number of aliphatic hydroxyl groups is 1. The third-order valence-corrected chi connectivity index (χ3v) is 4.02. The van der Waals surface area contributed by atoms with Crippen LogP contribution in [-0.2, 0) is 9.59 Å². The van der Waals surface area contributed by atoms with E-state index in [1.54, 1.807) is 48.7 Å². The summed E-state index contributed by atoms with van der Waals surface area (Å²) in [6.45, 7) is 2.36. The van der Waals surface area contributed by atoms with E-state index in [2.05, 4.69) is 4.98 Å². The first-order valence-electron chi connectivity index (χ1n) is 7.90. The second-order valence-electron chi connectivity index (χ2n) is 5.61. The van der Waals surface area contributed by atoms with Gasteiger partial charge in [0.1, 0.15) is 11.8 Å². The van der Waals surface area contributed by atoms with Gasteiger partial charge in [0.15, 0.2) is 0 Å². The Kier molecular flexibility index (Phi) is 4.42. The van der Waals surface area contributed by atoms with E-state index in [-0.39, 0.29) is 11.3 Å². The van der Waals surface area contributed by atoms with Crippen molar-refractivity contribution in [3.05, 3.63) is 71.6 Å². The molecule has 1 amide bonds. The molecule has 0 aliphatic carbocycles. The predicted octanol–water partition coefficient (Wildman–Crippen LogP) is 2.91. The molecule has 1 unspecified atom stereocenters. The second kappa shape index (κ2) is 6.66. The molecule has 1 aliphatic heterocycles. The van der Waals surface area contributed by atoms with Crippen molar-refractivity contribution in [2.24, 2.45) is 0 Å². The summed E-state index contributed by atoms with van der Waals surface area (Å²) in [6.07, 6.45) is 2.33. The van der Waals surface area contributed by atoms with Crippen molar-refractivity contribution >= 4 is 17.4 Å². The van der Waals surface area contributed by atoms with Crippen molar-refractivity contribution in [3.63, 3.8) is 0 Å². The topological polar surface area (TPSA) is 70.5 Å². The van der Waals surface area contributed by atoms with E-state index in [1.807, 2.05) is 13.0 Å². The number of Topliss-reactive ketones (excluding diaryl/α,β-unsaturated/α-hetero) is 1. The molecule has 1 aliphatic rings. The minimum Gasteiger partial charge on any atom is -0.507 e. The molecule has 5 heteroatoms. The van der Waals surface area contributed by atoms with Crippen molar-refractivity contribution in [3.8, 4) is 0 Å². The molecule has 5 nitrogen and oxygen atoms in total. The van der Waals surface area contributed by atoms with Crippen LogP contribution in [0.1, 0.15) is 30.6 Å². The maximum atomic E-state index is 12.6. The van der Waals surface area contributed by atoms with Gasteiger partial charge < -0.3 is 10.0 Å². The Morgan fingerprint density at radius 3 is 2.46 bits per heavy atom. The van der Waals surface area contributed by atoms with Crippen LogP contribution < -0.4 is 0 Å². The molecule has 2 heterocycles. The van der Waals surface area contributed by atoms with E-state index in [4.69, 9.17) is 0 Å². The van der Waals surface area contributed by atoms with Gasteiger partial charge in [0, 0.05) is 18.3 Å². The minimum atomic E-state index is -0.666. The Morgan fingerprint density at radius 1 is 1.12 bits per heavy atom. The second-order valence-corrected chi connectivity index (χ2v) is 5.61. The number of rotatable bonds is 4. The number of nitrogens with zero attached hydrogens (tertiary/aromatic N) is 2. The van der Waals surface area contributed by atoms with Gasteiger partial charge in [-0.25, -0.2) is 0 Å². The van der Waals surface area contributed by atoms with E-state index in [0.717, 1.165) is 0 Å². The Labute approximate surface area is 140 Å². The zero-order chi connectivity index (χ0) is 17.1. The lowest BCUT2D eigenvalue weighted by molar-refractivity contribution is -0.139. The van der Waals surface area contributed by atoms with E-state index in [1.165, 1.54) is 4.90 Å². The number of carbonyl (C=O) groups is 2. The quantitative estimate of drug-likeness (QED) is 0.534. The van der Waals surface area contributed by atoms with E-state index in [0.29, 0.717) is 24.2 Å². The van der Waals surface area contributed by atoms with Crippen LogP contribution in [0.4, 0.5) is 0 Å². The fourth-order valence-electron chi connectivity index (χ4n) is 2.95. The Bertz CT molecular complexity index is 785. The van der Waals surface area contributed by atoms with Gasteiger partial charge in [-0.15, -0.1) is 0 Å². The molecule has 0 saturated carbocycles. The summed E-state index contributed by atoms with van der Waals surface area (Å²) in [5.41, 5.74) is 1.17. The van der Waals surface area contributed by atoms with Crippen molar-refractivity contribution in [2.45, 2.75) is 19.4 Å². The standard InChI is InChI=1S/C19H18N2O3/c1-2-12-21-16(14-10-6-7-11-20-14)15(18(23)19(21)24)17(22)13-8-4-3-5-9-13/h3-11,16,22H,2,12H2,1H3/b17-15-. The third kappa shape index (κ3) is 2.69. The summed E-state index contributed by atoms with van der Waals surface area (Å²) in [5.74, 6) is -1.42. The van der Waals surface area contributed by atoms with Crippen LogP contribution in [0.3, 0.4) is 0 Å². The highest BCUT2D eigenvalue weighted by atomic mass is 16.3. The average molecular weight is 322 g/mol. The van der Waals surface area contributed by atoms with Gasteiger partial charge in [-0.05, 0) is 18.6 Å². The van der Waals surface area contributed by atoms with Gasteiger partial charge in [0.05, 0.1) is 11.3 Å². The number of likely N-dealkylation sites (tertiary alicyclic amines) is 1. The number of aromatic nitrogens is 1. The smallest absolute Gasteiger partial charge is 0.295 e. The van der Waals surface area contributed by atoms with Gasteiger partial charge in [-0.2, -0.15) is 0 Å². The molecule has 122 valence electrons. The first-order valence-corrected chi connectivity index (χ1v) is 7.90. The van der Waals surface area contributed by atoms with Crippen LogP contribution in [0.15, 0.2) is 60.3 Å². The largest absolute Gasteiger partial charge is 0.507 e. The molecule has 1 aromatic carbocycles. The number of carbonyl (C=O) groups excluding carboxylic acids is 2. The van der Waals surface area contributed by atoms with E-state index in [9.17, 15) is 14.7 Å². The van der Waals surface area contributed by atoms with Crippen LogP contribution in [-0.4, -0.2) is 33.2 Å². The van der Waals surface area contributed by atoms with Crippen LogP contribution >= 0.6 is 0 Å². The Hall–Kier alpha value is -2.95. The third-order valence-electron chi connectivity index (χ3n) is 4.02. The lowest BCUT2D eigenvalue weighted by Crippen LogP contribution is -2.30. The molecule has 2 aromatic rings. The zero-order valence-corrected chi connectivity index (χ0v) is 13.3. The summed E-state index contributed by atoms with van der Waals surface area (Å²) in [6, 6.07) is 13.5. The number of hydrogen-bond acceptors (Lipinski definition) is 4. The summed E-state index contributed by atoms with van der Waals surface area (Å²) in [4.78, 5) is 30.8. The summed E-state index contributed by atoms with van der Waals surface area (Å²) >= 11 is 0. The molecular weight excluding hydrogens is 304 g/mol. The highest BCUT2D eigenvalue weighted by Gasteiger charge is 2.46. The molecule has 0 bridgehead atoms. The maximum absolute atomic E-state index is 12.6. The molecule has 0 spiro atoms. The van der Waals surface area contributed by atoms with Gasteiger partial charge in [-0.3, -0.25) is 14.6 Å². The molecule has 1 fully saturated rings. The number of amides is 1. The number of ketones is 1. The van der Waals surface area contributed by atoms with E-state index < -0.39 is 17.7 Å². The molecular formula is C19H18N2O3. The van der Waals surface area contributed by atoms with E-state index >= 15 is 0 Å². The average Bonchev–Trinajstić information content (AvgIpc) is 2.88. The van der Waals surface area contributed by atoms with Gasteiger partial charge in [0.25, 0.3) is 11.7 Å². The van der Waals surface area contributed by atoms with Crippen molar-refractivity contribution in [2.75, 3.05) is 6.54 Å². The number of aliphatic hydroxyl groups excluding tert-OH is 1. The highest BCUT2D eigenvalue weighted by Crippen LogP contribution is 2.38. The number of benzene rings is 1. The summed E-state index contributed by atoms with van der Waals surface area (Å²) in [7, 11) is 0. The Balaban J connectivity index is 2.18. The molecule has 1 atom stereocenters. The van der Waals surface area contributed by atoms with Crippen LogP contribution in [0.5, 0.6) is 0 Å². The number of hydrogen-bond donors (Lipinski definition) is 1. The molecule has 1 aromatic heterocycles. The molecule has 1 saturated heterocycles. The zero-order valence-electron chi connectivity index (χ0n) is 13.3. The molecule has 0 radical (unpaired) electrons. The van der Waals surface area contributed by atoms with Crippen LogP contribution in [0.2, 0.25) is 0 Å². The van der Waals surface area contributed by atoms with Crippen LogP contribution in [0, 0.1) is 0 Å². The van der Waals surface area contributed by atoms with Gasteiger partial charge in [-0.1, -0.05) is 43.3 Å². The summed E-state index contributed by atoms with van der Waals surface area (Å²) < 4.78 is 0. The first-order chi connectivity index (χ1) is 11.6. The minimum absolute atomic E-state index is 0.0957. The lowest BCUT2D eigenvalue weighted by Gasteiger charge is -2.23. The number of pyridine rings is 1. The predicted molar refractivity (Wildman–Crippen MR) is 90.0 cm³/mol. The van der Waals surface area contributed by atoms with Crippen molar-refractivity contribution in [1.29, 1.82) is 0 Å². The fourth-order valence-corrected chi connectivity index (χ4v) is 2.95.